The zero-order valence-electron chi connectivity index (χ0n) is 7.85. The molecule has 90 valence electrons. The van der Waals surface area contributed by atoms with E-state index in [9.17, 15) is 22.0 Å². The molecule has 3 nitrogen and oxygen atoms in total. The van der Waals surface area contributed by atoms with E-state index in [-0.39, 0.29) is 5.69 Å². The molecule has 0 unspecified atom stereocenters. The van der Waals surface area contributed by atoms with E-state index in [4.69, 9.17) is 5.11 Å². The second-order valence-electron chi connectivity index (χ2n) is 2.84. The van der Waals surface area contributed by atoms with Crippen LogP contribution in [0, 0.1) is 6.92 Å². The van der Waals surface area contributed by atoms with Gasteiger partial charge in [0.1, 0.15) is 5.75 Å². The third-order valence-corrected chi connectivity index (χ3v) is 1.63. The first-order valence-corrected chi connectivity index (χ1v) is 3.95. The van der Waals surface area contributed by atoms with E-state index >= 15 is 0 Å². The number of aryl methyl sites for hydroxylation is 1. The fourth-order valence-electron chi connectivity index (χ4n) is 0.935. The second-order valence-corrected chi connectivity index (χ2v) is 2.84. The lowest BCUT2D eigenvalue weighted by atomic mass is 10.2. The minimum atomic E-state index is -5.11. The summed E-state index contributed by atoms with van der Waals surface area (Å²) < 4.78 is 63.5. The standard InChI is InChI=1S/C8H6F5NO2/c1-3-5(15)2-4(6(9)10)7(14-3)16-8(11,12)13/h2,6,15H,1H3. The molecule has 1 aromatic rings. The predicted molar refractivity (Wildman–Crippen MR) is 42.3 cm³/mol. The van der Waals surface area contributed by atoms with Gasteiger partial charge in [-0.1, -0.05) is 0 Å². The summed E-state index contributed by atoms with van der Waals surface area (Å²) >= 11 is 0. The van der Waals surface area contributed by atoms with Gasteiger partial charge in [0.15, 0.2) is 0 Å². The molecule has 0 amide bonds. The molecule has 1 aromatic heterocycles. The van der Waals surface area contributed by atoms with Crippen LogP contribution < -0.4 is 4.74 Å². The average molecular weight is 243 g/mol. The van der Waals surface area contributed by atoms with Crippen LogP contribution >= 0.6 is 0 Å². The predicted octanol–water partition coefficient (Wildman–Crippen LogP) is 2.93. The zero-order valence-corrected chi connectivity index (χ0v) is 7.85. The molecule has 0 radical (unpaired) electrons. The normalized spacial score (nSPS) is 11.9. The summed E-state index contributed by atoms with van der Waals surface area (Å²) in [6.45, 7) is 1.16. The van der Waals surface area contributed by atoms with Crippen LogP contribution in [-0.2, 0) is 0 Å². The van der Waals surface area contributed by atoms with E-state index in [0.29, 0.717) is 6.07 Å². The van der Waals surface area contributed by atoms with Gasteiger partial charge in [-0.2, -0.15) is 0 Å². The molecule has 0 aliphatic heterocycles. The molecule has 0 atom stereocenters. The first kappa shape index (κ1) is 12.5. The van der Waals surface area contributed by atoms with Crippen LogP contribution in [0.4, 0.5) is 22.0 Å². The van der Waals surface area contributed by atoms with Crippen molar-refractivity contribution in [2.24, 2.45) is 0 Å². The number of rotatable bonds is 2. The fraction of sp³-hybridized carbons (Fsp3) is 0.375. The van der Waals surface area contributed by atoms with Crippen LogP contribution in [0.15, 0.2) is 6.07 Å². The number of aromatic nitrogens is 1. The molecule has 0 saturated carbocycles. The average Bonchev–Trinajstić information content (AvgIpc) is 2.07. The van der Waals surface area contributed by atoms with Crippen molar-refractivity contribution >= 4 is 0 Å². The number of aromatic hydroxyl groups is 1. The maximum atomic E-state index is 12.3. The first-order chi connectivity index (χ1) is 7.20. The third kappa shape index (κ3) is 2.94. The summed E-state index contributed by atoms with van der Waals surface area (Å²) in [6.07, 6.45) is -8.34. The molecule has 0 fully saturated rings. The van der Waals surface area contributed by atoms with E-state index in [0.717, 1.165) is 6.92 Å². The summed E-state index contributed by atoms with van der Waals surface area (Å²) in [5.74, 6) is -1.87. The highest BCUT2D eigenvalue weighted by atomic mass is 19.4. The fourth-order valence-corrected chi connectivity index (χ4v) is 0.935. The molecule has 1 N–H and O–H groups in total. The molecular weight excluding hydrogens is 237 g/mol. The lowest BCUT2D eigenvalue weighted by Gasteiger charge is -2.12. The number of ether oxygens (including phenoxy) is 1. The molecule has 16 heavy (non-hydrogen) atoms. The molecule has 0 aliphatic rings. The maximum Gasteiger partial charge on any atom is 0.574 e. The van der Waals surface area contributed by atoms with Crippen LogP contribution in [-0.4, -0.2) is 16.5 Å². The lowest BCUT2D eigenvalue weighted by molar-refractivity contribution is -0.276. The number of hydrogen-bond donors (Lipinski definition) is 1. The number of hydrogen-bond acceptors (Lipinski definition) is 3. The SMILES string of the molecule is Cc1nc(OC(F)(F)F)c(C(F)F)cc1O. The van der Waals surface area contributed by atoms with Crippen LogP contribution in [0.5, 0.6) is 11.6 Å². The van der Waals surface area contributed by atoms with Gasteiger partial charge in [-0.05, 0) is 13.0 Å². The van der Waals surface area contributed by atoms with Crippen molar-refractivity contribution in [3.63, 3.8) is 0 Å². The van der Waals surface area contributed by atoms with Crippen molar-refractivity contribution in [3.05, 3.63) is 17.3 Å². The molecule has 0 aliphatic carbocycles. The number of nitrogens with zero attached hydrogens (tertiary/aromatic N) is 1. The van der Waals surface area contributed by atoms with Gasteiger partial charge >= 0.3 is 6.36 Å². The lowest BCUT2D eigenvalue weighted by Crippen LogP contribution is -2.19. The van der Waals surface area contributed by atoms with Crippen molar-refractivity contribution in [2.45, 2.75) is 19.7 Å². The summed E-state index contributed by atoms with van der Waals surface area (Å²) in [6, 6.07) is 0.494. The highest BCUT2D eigenvalue weighted by Gasteiger charge is 2.34. The topological polar surface area (TPSA) is 42.4 Å². The monoisotopic (exact) mass is 243 g/mol. The van der Waals surface area contributed by atoms with E-state index < -0.39 is 30.0 Å². The Balaban J connectivity index is 3.20. The highest BCUT2D eigenvalue weighted by molar-refractivity contribution is 5.38. The summed E-state index contributed by atoms with van der Waals surface area (Å²) in [5.41, 5.74) is -1.34. The van der Waals surface area contributed by atoms with Gasteiger partial charge in [0.2, 0.25) is 5.88 Å². The second kappa shape index (κ2) is 4.11. The Labute approximate surface area is 86.5 Å². The smallest absolute Gasteiger partial charge is 0.506 e. The van der Waals surface area contributed by atoms with E-state index in [2.05, 4.69) is 9.72 Å². The van der Waals surface area contributed by atoms with Crippen molar-refractivity contribution in [2.75, 3.05) is 0 Å². The number of pyridine rings is 1. The Bertz CT molecular complexity index is 391. The Morgan fingerprint density at radius 1 is 1.38 bits per heavy atom. The molecule has 8 heteroatoms. The van der Waals surface area contributed by atoms with Crippen LogP contribution in [0.1, 0.15) is 17.7 Å². The maximum absolute atomic E-state index is 12.3. The Morgan fingerprint density at radius 3 is 2.38 bits per heavy atom. The van der Waals surface area contributed by atoms with Gasteiger partial charge in [0.05, 0.1) is 11.3 Å². The van der Waals surface area contributed by atoms with Gasteiger partial charge in [-0.3, -0.25) is 0 Å². The molecule has 0 aromatic carbocycles. The minimum Gasteiger partial charge on any atom is -0.506 e. The number of alkyl halides is 5. The van der Waals surface area contributed by atoms with Gasteiger partial charge < -0.3 is 9.84 Å². The third-order valence-electron chi connectivity index (χ3n) is 1.63. The van der Waals surface area contributed by atoms with Crippen molar-refractivity contribution in [3.8, 4) is 11.6 Å². The molecule has 1 heterocycles. The van der Waals surface area contributed by atoms with Crippen LogP contribution in [0.25, 0.3) is 0 Å². The molecular formula is C8H6F5NO2. The molecule has 0 spiro atoms. The van der Waals surface area contributed by atoms with E-state index in [1.807, 2.05) is 0 Å². The minimum absolute atomic E-state index is 0.233. The molecule has 0 bridgehead atoms. The van der Waals surface area contributed by atoms with Crippen molar-refractivity contribution < 1.29 is 31.8 Å². The molecule has 1 rings (SSSR count). The van der Waals surface area contributed by atoms with E-state index in [1.165, 1.54) is 0 Å². The zero-order chi connectivity index (χ0) is 12.5. The van der Waals surface area contributed by atoms with Crippen molar-refractivity contribution in [1.82, 2.24) is 4.98 Å². The quantitative estimate of drug-likeness (QED) is 0.812. The summed E-state index contributed by atoms with van der Waals surface area (Å²) in [5, 5.41) is 9.04. The Kier molecular flexibility index (Phi) is 3.20. The largest absolute Gasteiger partial charge is 0.574 e. The van der Waals surface area contributed by atoms with Gasteiger partial charge in [0, 0.05) is 0 Å². The molecule has 0 saturated heterocycles. The van der Waals surface area contributed by atoms with Gasteiger partial charge in [-0.25, -0.2) is 13.8 Å². The highest BCUT2D eigenvalue weighted by Crippen LogP contribution is 2.34. The summed E-state index contributed by atoms with van der Waals surface area (Å²) in [7, 11) is 0. The number of halogens is 5. The van der Waals surface area contributed by atoms with Gasteiger partial charge in [-0.15, -0.1) is 13.2 Å². The van der Waals surface area contributed by atoms with Gasteiger partial charge in [0.25, 0.3) is 6.43 Å². The Hall–Kier alpha value is -1.60. The summed E-state index contributed by atoms with van der Waals surface area (Å²) in [4.78, 5) is 3.11. The Morgan fingerprint density at radius 2 is 1.94 bits per heavy atom. The van der Waals surface area contributed by atoms with E-state index in [1.54, 1.807) is 0 Å². The first-order valence-electron chi connectivity index (χ1n) is 3.95. The van der Waals surface area contributed by atoms with Crippen molar-refractivity contribution in [1.29, 1.82) is 0 Å². The van der Waals surface area contributed by atoms with Crippen LogP contribution in [0.2, 0.25) is 0 Å². The van der Waals surface area contributed by atoms with Crippen LogP contribution in [0.3, 0.4) is 0 Å².